The van der Waals surface area contributed by atoms with Crippen molar-refractivity contribution in [2.75, 3.05) is 0 Å². The van der Waals surface area contributed by atoms with Crippen molar-refractivity contribution < 1.29 is 18.0 Å². The largest absolute Gasteiger partial charge is 0.274 e. The molecule has 1 aromatic heterocycles. The van der Waals surface area contributed by atoms with Gasteiger partial charge in [-0.25, -0.2) is 13.8 Å². The predicted molar refractivity (Wildman–Crippen MR) is 44.1 cm³/mol. The first kappa shape index (κ1) is 11.5. The van der Waals surface area contributed by atoms with E-state index in [2.05, 4.69) is 4.98 Å². The molecule has 0 amide bonds. The van der Waals surface area contributed by atoms with E-state index in [9.17, 15) is 18.0 Å². The van der Waals surface area contributed by atoms with E-state index < -0.39 is 34.4 Å². The van der Waals surface area contributed by atoms with Gasteiger partial charge in [0.25, 0.3) is 11.7 Å². The number of hydrogen-bond acceptors (Lipinski definition) is 3. The van der Waals surface area contributed by atoms with Crippen LogP contribution in [-0.4, -0.2) is 10.2 Å². The fourth-order valence-corrected chi connectivity index (χ4v) is 1.06. The van der Waals surface area contributed by atoms with Crippen LogP contribution in [0.4, 0.5) is 13.2 Å². The SMILES string of the molecule is N#Cc1cc(C(F)F)c(C(=O)Cl)nc1F. The summed E-state index contributed by atoms with van der Waals surface area (Å²) in [7, 11) is 0. The molecule has 7 heteroatoms. The maximum Gasteiger partial charge on any atom is 0.271 e. The first-order valence-corrected chi connectivity index (χ1v) is 3.93. The second kappa shape index (κ2) is 4.28. The monoisotopic (exact) mass is 234 g/mol. The maximum absolute atomic E-state index is 12.9. The standard InChI is InChI=1S/C8H2ClF3N2O/c9-6(15)5-4(7(10)11)1-3(2-13)8(12)14-5/h1,7H. The minimum Gasteiger partial charge on any atom is -0.274 e. The van der Waals surface area contributed by atoms with Crippen LogP contribution < -0.4 is 0 Å². The van der Waals surface area contributed by atoms with Crippen LogP contribution in [0.25, 0.3) is 0 Å². The number of nitrogens with zero attached hydrogens (tertiary/aromatic N) is 2. The van der Waals surface area contributed by atoms with E-state index in [-0.39, 0.29) is 0 Å². The highest BCUT2D eigenvalue weighted by Crippen LogP contribution is 2.24. The van der Waals surface area contributed by atoms with Gasteiger partial charge in [0.15, 0.2) is 0 Å². The van der Waals surface area contributed by atoms with E-state index in [4.69, 9.17) is 16.9 Å². The van der Waals surface area contributed by atoms with Gasteiger partial charge in [-0.05, 0) is 17.7 Å². The molecule has 0 atom stereocenters. The molecule has 3 nitrogen and oxygen atoms in total. The molecule has 0 fully saturated rings. The second-order valence-corrected chi connectivity index (χ2v) is 2.79. The summed E-state index contributed by atoms with van der Waals surface area (Å²) in [5.41, 5.74) is -2.39. The highest BCUT2D eigenvalue weighted by Gasteiger charge is 2.22. The Balaban J connectivity index is 3.47. The molecule has 0 saturated heterocycles. The number of aromatic nitrogens is 1. The Kier molecular flexibility index (Phi) is 3.27. The van der Waals surface area contributed by atoms with Crippen LogP contribution in [0.2, 0.25) is 0 Å². The van der Waals surface area contributed by atoms with E-state index >= 15 is 0 Å². The van der Waals surface area contributed by atoms with Crippen molar-refractivity contribution in [1.82, 2.24) is 4.98 Å². The van der Waals surface area contributed by atoms with E-state index in [1.165, 1.54) is 6.07 Å². The van der Waals surface area contributed by atoms with Crippen molar-refractivity contribution in [2.45, 2.75) is 6.43 Å². The molecule has 0 aliphatic rings. The molecule has 0 aliphatic carbocycles. The lowest BCUT2D eigenvalue weighted by Gasteiger charge is -2.04. The molecule has 1 rings (SSSR count). The zero-order valence-corrected chi connectivity index (χ0v) is 7.73. The molecule has 0 bridgehead atoms. The molecule has 1 aromatic rings. The molecule has 0 aliphatic heterocycles. The average Bonchev–Trinajstić information content (AvgIpc) is 2.16. The summed E-state index contributed by atoms with van der Waals surface area (Å²) in [6.45, 7) is 0. The fraction of sp³-hybridized carbons (Fsp3) is 0.125. The van der Waals surface area contributed by atoms with Gasteiger partial charge in [0.2, 0.25) is 5.95 Å². The summed E-state index contributed by atoms with van der Waals surface area (Å²) in [4.78, 5) is 13.6. The van der Waals surface area contributed by atoms with Gasteiger partial charge in [0.1, 0.15) is 17.3 Å². The van der Waals surface area contributed by atoms with E-state index in [1.807, 2.05) is 0 Å². The van der Waals surface area contributed by atoms with Crippen LogP contribution in [0, 0.1) is 17.3 Å². The van der Waals surface area contributed by atoms with Gasteiger partial charge in [-0.3, -0.25) is 4.79 Å². The summed E-state index contributed by atoms with van der Waals surface area (Å²) >= 11 is 4.94. The van der Waals surface area contributed by atoms with Gasteiger partial charge in [0, 0.05) is 5.56 Å². The van der Waals surface area contributed by atoms with Gasteiger partial charge in [-0.2, -0.15) is 9.65 Å². The van der Waals surface area contributed by atoms with Crippen LogP contribution in [0.15, 0.2) is 6.07 Å². The van der Waals surface area contributed by atoms with Gasteiger partial charge in [-0.15, -0.1) is 0 Å². The van der Waals surface area contributed by atoms with Gasteiger partial charge in [-0.1, -0.05) is 0 Å². The molecular formula is C8H2ClF3N2O. The summed E-state index contributed by atoms with van der Waals surface area (Å²) < 4.78 is 37.6. The maximum atomic E-state index is 12.9. The molecule has 0 radical (unpaired) electrons. The number of hydrogen-bond donors (Lipinski definition) is 0. The van der Waals surface area contributed by atoms with Gasteiger partial charge >= 0.3 is 0 Å². The van der Waals surface area contributed by atoms with Crippen molar-refractivity contribution in [3.05, 3.63) is 28.8 Å². The number of carbonyl (C=O) groups is 1. The summed E-state index contributed by atoms with van der Waals surface area (Å²) in [5.74, 6) is -1.30. The highest BCUT2D eigenvalue weighted by molar-refractivity contribution is 6.67. The third kappa shape index (κ3) is 2.25. The summed E-state index contributed by atoms with van der Waals surface area (Å²) in [6, 6.07) is 1.89. The van der Waals surface area contributed by atoms with Crippen molar-refractivity contribution in [3.8, 4) is 6.07 Å². The number of rotatable bonds is 2. The highest BCUT2D eigenvalue weighted by atomic mass is 35.5. The molecule has 15 heavy (non-hydrogen) atoms. The van der Waals surface area contributed by atoms with Gasteiger partial charge in [0.05, 0.1) is 0 Å². The molecule has 0 N–H and O–H groups in total. The third-order valence-electron chi connectivity index (χ3n) is 1.55. The van der Waals surface area contributed by atoms with Crippen LogP contribution in [0.3, 0.4) is 0 Å². The minimum atomic E-state index is -3.05. The van der Waals surface area contributed by atoms with E-state index in [1.54, 1.807) is 0 Å². The minimum absolute atomic E-state index is 0.558. The van der Waals surface area contributed by atoms with E-state index in [0.717, 1.165) is 0 Å². The van der Waals surface area contributed by atoms with Crippen LogP contribution >= 0.6 is 11.6 Å². The topological polar surface area (TPSA) is 53.8 Å². The number of pyridine rings is 1. The quantitative estimate of drug-likeness (QED) is 0.583. The smallest absolute Gasteiger partial charge is 0.271 e. The fourth-order valence-electron chi connectivity index (χ4n) is 0.909. The Labute approximate surface area is 87.1 Å². The predicted octanol–water partition coefficient (Wildman–Crippen LogP) is 2.41. The molecule has 1 heterocycles. The molecule has 78 valence electrons. The van der Waals surface area contributed by atoms with Crippen molar-refractivity contribution in [3.63, 3.8) is 0 Å². The van der Waals surface area contributed by atoms with Crippen molar-refractivity contribution in [1.29, 1.82) is 5.26 Å². The Bertz CT molecular complexity index is 456. The Hall–Kier alpha value is -1.61. The van der Waals surface area contributed by atoms with Crippen LogP contribution in [0.5, 0.6) is 0 Å². The van der Waals surface area contributed by atoms with Crippen LogP contribution in [0.1, 0.15) is 28.0 Å². The Morgan fingerprint density at radius 3 is 2.60 bits per heavy atom. The zero-order valence-electron chi connectivity index (χ0n) is 6.97. The second-order valence-electron chi connectivity index (χ2n) is 2.45. The molecule has 0 saturated carbocycles. The number of halogens is 4. The Morgan fingerprint density at radius 1 is 1.60 bits per heavy atom. The first-order valence-electron chi connectivity index (χ1n) is 3.56. The first-order chi connectivity index (χ1) is 6.97. The van der Waals surface area contributed by atoms with E-state index in [0.29, 0.717) is 6.07 Å². The third-order valence-corrected chi connectivity index (χ3v) is 1.73. The molecule has 0 unspecified atom stereocenters. The van der Waals surface area contributed by atoms with Crippen molar-refractivity contribution in [2.24, 2.45) is 0 Å². The molecular weight excluding hydrogens is 233 g/mol. The number of alkyl halides is 2. The lowest BCUT2D eigenvalue weighted by Crippen LogP contribution is -2.06. The average molecular weight is 235 g/mol. The lowest BCUT2D eigenvalue weighted by atomic mass is 10.1. The summed E-state index contributed by atoms with van der Waals surface area (Å²) in [5, 5.41) is 7.06. The van der Waals surface area contributed by atoms with Crippen molar-refractivity contribution >= 4 is 16.8 Å². The molecule has 0 spiro atoms. The summed E-state index contributed by atoms with van der Waals surface area (Å²) in [6.07, 6.45) is -3.05. The normalized spacial score (nSPS) is 10.1. The van der Waals surface area contributed by atoms with Crippen LogP contribution in [-0.2, 0) is 0 Å². The number of carbonyl (C=O) groups excluding carboxylic acids is 1. The molecule has 0 aromatic carbocycles. The lowest BCUT2D eigenvalue weighted by molar-refractivity contribution is 0.105. The zero-order chi connectivity index (χ0) is 11.6. The van der Waals surface area contributed by atoms with Gasteiger partial charge < -0.3 is 0 Å². The number of nitriles is 1. The Morgan fingerprint density at radius 2 is 2.20 bits per heavy atom.